The molecule has 7 nitrogen and oxygen atoms in total. The fourth-order valence-corrected chi connectivity index (χ4v) is 4.51. The number of para-hydroxylation sites is 1. The molecule has 0 bridgehead atoms. The summed E-state index contributed by atoms with van der Waals surface area (Å²) >= 11 is 0. The van der Waals surface area contributed by atoms with Crippen LogP contribution in [0, 0.1) is 0 Å². The van der Waals surface area contributed by atoms with Gasteiger partial charge in [0.1, 0.15) is 6.54 Å². The fourth-order valence-electron chi connectivity index (χ4n) is 4.51. The summed E-state index contributed by atoms with van der Waals surface area (Å²) in [6.45, 7) is 1.00. The highest BCUT2D eigenvalue weighted by atomic mass is 16.5. The Hall–Kier alpha value is -4.23. The van der Waals surface area contributed by atoms with Gasteiger partial charge in [-0.3, -0.25) is 19.5 Å². The summed E-state index contributed by atoms with van der Waals surface area (Å²) in [5.74, 6) is -0.00217. The lowest BCUT2D eigenvalue weighted by Gasteiger charge is -2.25. The number of ether oxygens (including phenoxy) is 1. The van der Waals surface area contributed by atoms with Gasteiger partial charge in [0.05, 0.1) is 18.2 Å². The molecule has 1 fully saturated rings. The minimum Gasteiger partial charge on any atom is -0.376 e. The number of hydrogen-bond donors (Lipinski definition) is 1. The molecule has 1 aromatic heterocycles. The maximum atomic E-state index is 13.3. The zero-order valence-corrected chi connectivity index (χ0v) is 20.6. The Kier molecular flexibility index (Phi) is 7.72. The van der Waals surface area contributed by atoms with Crippen molar-refractivity contribution in [3.05, 3.63) is 103 Å². The van der Waals surface area contributed by atoms with Gasteiger partial charge < -0.3 is 9.64 Å². The quantitative estimate of drug-likeness (QED) is 0.365. The van der Waals surface area contributed by atoms with Crippen LogP contribution in [0.25, 0.3) is 16.9 Å². The lowest BCUT2D eigenvalue weighted by molar-refractivity contribution is -0.135. The molecule has 0 spiro atoms. The number of anilines is 1. The van der Waals surface area contributed by atoms with Gasteiger partial charge in [0, 0.05) is 30.6 Å². The van der Waals surface area contributed by atoms with E-state index in [1.165, 1.54) is 0 Å². The molecule has 1 aliphatic heterocycles. The molecule has 5 rings (SSSR count). The van der Waals surface area contributed by atoms with Gasteiger partial charge in [-0.2, -0.15) is 0 Å². The molecule has 2 amide bonds. The molecule has 1 saturated heterocycles. The molecule has 7 heteroatoms. The van der Waals surface area contributed by atoms with Crippen LogP contribution in [0.2, 0.25) is 0 Å². The first-order chi connectivity index (χ1) is 18.2. The molecule has 1 N–H and O–H groups in total. The lowest BCUT2D eigenvalue weighted by atomic mass is 10.1. The Labute approximate surface area is 216 Å². The number of hydrogen-bond acceptors (Lipinski definition) is 4. The van der Waals surface area contributed by atoms with E-state index in [0.717, 1.165) is 35.3 Å². The standard InChI is InChI=1S/C30H30N4O3/c35-28(22-33(20-26-17-10-18-37-26)29(36)19-23-11-4-1-5-12-23)32-30-31-27(24-13-6-2-7-14-24)21-34(30)25-15-8-3-9-16-25/h1-9,11-16,21,26H,10,17-20,22H2,(H,31,32,35)/t26-/m0/s1. The summed E-state index contributed by atoms with van der Waals surface area (Å²) < 4.78 is 7.63. The van der Waals surface area contributed by atoms with Crippen molar-refractivity contribution in [2.75, 3.05) is 25.0 Å². The topological polar surface area (TPSA) is 76.5 Å². The minimum atomic E-state index is -0.304. The van der Waals surface area contributed by atoms with E-state index in [4.69, 9.17) is 9.72 Å². The predicted octanol–water partition coefficient (Wildman–Crippen LogP) is 4.73. The summed E-state index contributed by atoms with van der Waals surface area (Å²) in [6, 6.07) is 29.1. The predicted molar refractivity (Wildman–Crippen MR) is 143 cm³/mol. The molecule has 0 radical (unpaired) electrons. The van der Waals surface area contributed by atoms with Crippen LogP contribution in [-0.2, 0) is 20.7 Å². The smallest absolute Gasteiger partial charge is 0.246 e. The summed E-state index contributed by atoms with van der Waals surface area (Å²) in [7, 11) is 0. The average molecular weight is 495 g/mol. The zero-order valence-electron chi connectivity index (χ0n) is 20.6. The normalized spacial score (nSPS) is 14.9. The number of benzene rings is 3. The molecule has 37 heavy (non-hydrogen) atoms. The SMILES string of the molecule is O=C(CN(C[C@@H]1CCCO1)C(=O)Cc1ccccc1)Nc1nc(-c2ccccc2)cn1-c1ccccc1. The van der Waals surface area contributed by atoms with Gasteiger partial charge in [-0.15, -0.1) is 0 Å². The van der Waals surface area contributed by atoms with Gasteiger partial charge in [-0.1, -0.05) is 78.9 Å². The maximum Gasteiger partial charge on any atom is 0.246 e. The maximum absolute atomic E-state index is 13.3. The largest absolute Gasteiger partial charge is 0.376 e. The Morgan fingerprint density at radius 2 is 1.62 bits per heavy atom. The van der Waals surface area contributed by atoms with Crippen molar-refractivity contribution in [3.63, 3.8) is 0 Å². The molecule has 188 valence electrons. The molecule has 4 aromatic rings. The molecular weight excluding hydrogens is 464 g/mol. The third-order valence-electron chi connectivity index (χ3n) is 6.39. The molecule has 1 atom stereocenters. The van der Waals surface area contributed by atoms with Crippen molar-refractivity contribution in [3.8, 4) is 16.9 Å². The number of imidazole rings is 1. The highest BCUT2D eigenvalue weighted by Crippen LogP contribution is 2.24. The van der Waals surface area contributed by atoms with E-state index < -0.39 is 0 Å². The van der Waals surface area contributed by atoms with E-state index in [0.29, 0.717) is 19.1 Å². The number of rotatable bonds is 9. The number of aromatic nitrogens is 2. The Balaban J connectivity index is 1.36. The summed E-state index contributed by atoms with van der Waals surface area (Å²) in [5.41, 5.74) is 3.49. The second-order valence-electron chi connectivity index (χ2n) is 9.14. The highest BCUT2D eigenvalue weighted by molar-refractivity contribution is 5.94. The Morgan fingerprint density at radius 3 is 2.30 bits per heavy atom. The first-order valence-electron chi connectivity index (χ1n) is 12.6. The Morgan fingerprint density at radius 1 is 0.946 bits per heavy atom. The molecule has 0 aliphatic carbocycles. The molecule has 0 unspecified atom stereocenters. The van der Waals surface area contributed by atoms with Crippen LogP contribution in [0.5, 0.6) is 0 Å². The summed E-state index contributed by atoms with van der Waals surface area (Å²) in [5, 5.41) is 2.95. The molecule has 3 aromatic carbocycles. The van der Waals surface area contributed by atoms with Crippen molar-refractivity contribution in [1.29, 1.82) is 0 Å². The molecule has 0 saturated carbocycles. The van der Waals surface area contributed by atoms with Crippen LogP contribution in [0.3, 0.4) is 0 Å². The van der Waals surface area contributed by atoms with Crippen LogP contribution in [0.1, 0.15) is 18.4 Å². The molecular formula is C30H30N4O3. The van der Waals surface area contributed by atoms with E-state index in [1.807, 2.05) is 102 Å². The van der Waals surface area contributed by atoms with Crippen LogP contribution in [0.4, 0.5) is 5.95 Å². The van der Waals surface area contributed by atoms with Crippen molar-refractivity contribution >= 4 is 17.8 Å². The third-order valence-corrected chi connectivity index (χ3v) is 6.39. The van der Waals surface area contributed by atoms with E-state index in [1.54, 1.807) is 4.90 Å². The van der Waals surface area contributed by atoms with Crippen LogP contribution in [-0.4, -0.2) is 52.1 Å². The van der Waals surface area contributed by atoms with E-state index >= 15 is 0 Å². The number of carbonyl (C=O) groups excluding carboxylic acids is 2. The van der Waals surface area contributed by atoms with Gasteiger partial charge in [-0.05, 0) is 30.5 Å². The minimum absolute atomic E-state index is 0.0523. The first kappa shape index (κ1) is 24.5. The van der Waals surface area contributed by atoms with Crippen LogP contribution < -0.4 is 5.32 Å². The molecule has 2 heterocycles. The first-order valence-corrected chi connectivity index (χ1v) is 12.6. The second-order valence-corrected chi connectivity index (χ2v) is 9.14. The van der Waals surface area contributed by atoms with Gasteiger partial charge >= 0.3 is 0 Å². The van der Waals surface area contributed by atoms with Crippen LogP contribution in [0.15, 0.2) is 97.2 Å². The van der Waals surface area contributed by atoms with Crippen molar-refractivity contribution in [2.24, 2.45) is 0 Å². The third kappa shape index (κ3) is 6.32. The van der Waals surface area contributed by atoms with Gasteiger partial charge in [0.2, 0.25) is 17.8 Å². The lowest BCUT2D eigenvalue weighted by Crippen LogP contribution is -2.43. The molecule has 1 aliphatic rings. The number of amides is 2. The van der Waals surface area contributed by atoms with E-state index in [2.05, 4.69) is 5.32 Å². The fraction of sp³-hybridized carbons (Fsp3) is 0.233. The number of carbonyl (C=O) groups is 2. The van der Waals surface area contributed by atoms with Crippen molar-refractivity contribution in [2.45, 2.75) is 25.4 Å². The van der Waals surface area contributed by atoms with Crippen LogP contribution >= 0.6 is 0 Å². The number of nitrogens with one attached hydrogen (secondary N) is 1. The summed E-state index contributed by atoms with van der Waals surface area (Å²) in [4.78, 5) is 32.8. The highest BCUT2D eigenvalue weighted by Gasteiger charge is 2.25. The van der Waals surface area contributed by atoms with Gasteiger partial charge in [0.25, 0.3) is 0 Å². The van der Waals surface area contributed by atoms with E-state index in [9.17, 15) is 9.59 Å². The zero-order chi connectivity index (χ0) is 25.5. The monoisotopic (exact) mass is 494 g/mol. The summed E-state index contributed by atoms with van der Waals surface area (Å²) in [6.07, 6.45) is 3.94. The van der Waals surface area contributed by atoms with Gasteiger partial charge in [0.15, 0.2) is 0 Å². The average Bonchev–Trinajstić information content (AvgIpc) is 3.60. The second kappa shape index (κ2) is 11.7. The van der Waals surface area contributed by atoms with Gasteiger partial charge in [-0.25, -0.2) is 4.98 Å². The van der Waals surface area contributed by atoms with Crippen molar-refractivity contribution < 1.29 is 14.3 Å². The van der Waals surface area contributed by atoms with E-state index in [-0.39, 0.29) is 30.9 Å². The number of nitrogens with zero attached hydrogens (tertiary/aromatic N) is 3. The Bertz CT molecular complexity index is 1320. The van der Waals surface area contributed by atoms with Crippen molar-refractivity contribution in [1.82, 2.24) is 14.5 Å².